The number of likely N-dealkylation sites (tertiary alicyclic amines) is 2. The zero-order valence-electron chi connectivity index (χ0n) is 14.9. The molecule has 0 bridgehead atoms. The van der Waals surface area contributed by atoms with Crippen LogP contribution >= 0.6 is 0 Å². The van der Waals surface area contributed by atoms with Gasteiger partial charge in [0.25, 0.3) is 0 Å². The van der Waals surface area contributed by atoms with Gasteiger partial charge in [0.15, 0.2) is 0 Å². The summed E-state index contributed by atoms with van der Waals surface area (Å²) in [7, 11) is 0. The van der Waals surface area contributed by atoms with E-state index in [1.165, 1.54) is 6.92 Å². The van der Waals surface area contributed by atoms with E-state index in [1.807, 2.05) is 4.90 Å². The van der Waals surface area contributed by atoms with Crippen LogP contribution in [-0.4, -0.2) is 51.9 Å². The fraction of sp³-hybridized carbons (Fsp3) is 0.684. The molecule has 3 atom stereocenters. The van der Waals surface area contributed by atoms with Crippen molar-refractivity contribution >= 4 is 11.8 Å². The molecule has 2 saturated heterocycles. The van der Waals surface area contributed by atoms with E-state index >= 15 is 0 Å². The van der Waals surface area contributed by atoms with Gasteiger partial charge in [0.1, 0.15) is 17.9 Å². The van der Waals surface area contributed by atoms with E-state index in [-0.39, 0.29) is 23.9 Å². The molecule has 0 aromatic carbocycles. The first-order valence-corrected chi connectivity index (χ1v) is 9.37. The molecule has 0 spiro atoms. The van der Waals surface area contributed by atoms with Crippen LogP contribution in [-0.2, 0) is 9.59 Å². The molecule has 2 aliphatic rings. The Morgan fingerprint density at radius 3 is 2.72 bits per heavy atom. The Morgan fingerprint density at radius 2 is 2.00 bits per heavy atom. The van der Waals surface area contributed by atoms with E-state index in [9.17, 15) is 14.7 Å². The average molecular weight is 348 g/mol. The van der Waals surface area contributed by atoms with Crippen LogP contribution in [0.15, 0.2) is 22.8 Å². The molecular formula is C19H28N2O4. The standard InChI is InChI=1S/C19H28N2O4/c1-14(22)20-11-5-8-16(20)19(24)21-10-4-2-3-7-15(21)13-17(23)18-9-6-12-25-18/h6,9,12,15-17,23H,2-5,7-8,10-11,13H2,1H3. The number of amides is 2. The second kappa shape index (κ2) is 8.04. The summed E-state index contributed by atoms with van der Waals surface area (Å²) < 4.78 is 5.31. The van der Waals surface area contributed by atoms with E-state index in [0.717, 1.165) is 38.5 Å². The monoisotopic (exact) mass is 348 g/mol. The van der Waals surface area contributed by atoms with Crippen molar-refractivity contribution < 1.29 is 19.1 Å². The van der Waals surface area contributed by atoms with Crippen molar-refractivity contribution in [3.05, 3.63) is 24.2 Å². The first-order chi connectivity index (χ1) is 12.1. The second-order valence-electron chi connectivity index (χ2n) is 7.17. The molecule has 0 aliphatic carbocycles. The van der Waals surface area contributed by atoms with E-state index in [1.54, 1.807) is 23.3 Å². The lowest BCUT2D eigenvalue weighted by Crippen LogP contribution is -2.51. The van der Waals surface area contributed by atoms with E-state index in [0.29, 0.717) is 25.3 Å². The van der Waals surface area contributed by atoms with Gasteiger partial charge >= 0.3 is 0 Å². The number of hydrogen-bond donors (Lipinski definition) is 1. The van der Waals surface area contributed by atoms with Crippen molar-refractivity contribution in [2.45, 2.75) is 70.1 Å². The zero-order chi connectivity index (χ0) is 17.8. The number of aliphatic hydroxyl groups excluding tert-OH is 1. The molecule has 3 unspecified atom stereocenters. The van der Waals surface area contributed by atoms with Crippen LogP contribution < -0.4 is 0 Å². The highest BCUT2D eigenvalue weighted by molar-refractivity contribution is 5.87. The molecule has 3 heterocycles. The number of carbonyl (C=O) groups is 2. The maximum absolute atomic E-state index is 13.2. The minimum atomic E-state index is -0.708. The fourth-order valence-electron chi connectivity index (χ4n) is 4.16. The molecule has 6 nitrogen and oxygen atoms in total. The summed E-state index contributed by atoms with van der Waals surface area (Å²) in [6.07, 6.45) is 6.96. The summed E-state index contributed by atoms with van der Waals surface area (Å²) in [5, 5.41) is 10.5. The van der Waals surface area contributed by atoms with Gasteiger partial charge in [-0.1, -0.05) is 12.8 Å². The Bertz CT molecular complexity index is 586. The summed E-state index contributed by atoms with van der Waals surface area (Å²) in [5.41, 5.74) is 0. The van der Waals surface area contributed by atoms with Crippen molar-refractivity contribution in [2.75, 3.05) is 13.1 Å². The smallest absolute Gasteiger partial charge is 0.245 e. The molecule has 1 aromatic heterocycles. The molecule has 2 fully saturated rings. The van der Waals surface area contributed by atoms with Gasteiger partial charge in [0, 0.05) is 32.5 Å². The largest absolute Gasteiger partial charge is 0.467 e. The zero-order valence-corrected chi connectivity index (χ0v) is 14.9. The van der Waals surface area contributed by atoms with E-state index in [2.05, 4.69) is 0 Å². The third kappa shape index (κ3) is 4.06. The second-order valence-corrected chi connectivity index (χ2v) is 7.17. The van der Waals surface area contributed by atoms with Crippen molar-refractivity contribution in [2.24, 2.45) is 0 Å². The summed E-state index contributed by atoms with van der Waals surface area (Å²) >= 11 is 0. The highest BCUT2D eigenvalue weighted by Crippen LogP contribution is 2.29. The molecule has 1 N–H and O–H groups in total. The normalized spacial score (nSPS) is 25.7. The lowest BCUT2D eigenvalue weighted by atomic mass is 10.0. The topological polar surface area (TPSA) is 74.0 Å². The SMILES string of the molecule is CC(=O)N1CCCC1C(=O)N1CCCCCC1CC(O)c1ccco1. The molecule has 1 aromatic rings. The van der Waals surface area contributed by atoms with Crippen molar-refractivity contribution in [3.8, 4) is 0 Å². The first kappa shape index (κ1) is 18.0. The molecule has 25 heavy (non-hydrogen) atoms. The molecule has 0 saturated carbocycles. The summed E-state index contributed by atoms with van der Waals surface area (Å²) in [4.78, 5) is 28.6. The van der Waals surface area contributed by atoms with Gasteiger partial charge in [-0.2, -0.15) is 0 Å². The van der Waals surface area contributed by atoms with Crippen LogP contribution in [0.1, 0.15) is 63.7 Å². The highest BCUT2D eigenvalue weighted by Gasteiger charge is 2.38. The fourth-order valence-corrected chi connectivity index (χ4v) is 4.16. The number of nitrogens with zero attached hydrogens (tertiary/aromatic N) is 2. The van der Waals surface area contributed by atoms with Crippen molar-refractivity contribution in [1.82, 2.24) is 9.80 Å². The van der Waals surface area contributed by atoms with Crippen LogP contribution in [0.5, 0.6) is 0 Å². The minimum absolute atomic E-state index is 0.00971. The third-order valence-corrected chi connectivity index (χ3v) is 5.47. The van der Waals surface area contributed by atoms with Crippen LogP contribution in [0.2, 0.25) is 0 Å². The maximum Gasteiger partial charge on any atom is 0.245 e. The number of hydrogen-bond acceptors (Lipinski definition) is 4. The molecule has 3 rings (SSSR count). The number of furan rings is 1. The molecule has 2 aliphatic heterocycles. The van der Waals surface area contributed by atoms with Gasteiger partial charge in [-0.25, -0.2) is 0 Å². The Kier molecular flexibility index (Phi) is 5.78. The number of carbonyl (C=O) groups excluding carboxylic acids is 2. The number of aliphatic hydroxyl groups is 1. The van der Waals surface area contributed by atoms with Crippen LogP contribution in [0, 0.1) is 0 Å². The summed E-state index contributed by atoms with van der Waals surface area (Å²) in [6.45, 7) is 2.90. The van der Waals surface area contributed by atoms with Crippen LogP contribution in [0.4, 0.5) is 0 Å². The molecule has 138 valence electrons. The predicted molar refractivity (Wildman–Crippen MR) is 92.7 cm³/mol. The van der Waals surface area contributed by atoms with Gasteiger partial charge in [-0.15, -0.1) is 0 Å². The molecular weight excluding hydrogens is 320 g/mol. The van der Waals surface area contributed by atoms with Crippen molar-refractivity contribution in [1.29, 1.82) is 0 Å². The van der Waals surface area contributed by atoms with Gasteiger partial charge in [-0.3, -0.25) is 9.59 Å². The molecule has 0 radical (unpaired) electrons. The Morgan fingerprint density at radius 1 is 1.20 bits per heavy atom. The van der Waals surface area contributed by atoms with Crippen LogP contribution in [0.3, 0.4) is 0 Å². The Balaban J connectivity index is 1.73. The maximum atomic E-state index is 13.2. The van der Waals surface area contributed by atoms with Gasteiger partial charge in [-0.05, 0) is 37.8 Å². The first-order valence-electron chi connectivity index (χ1n) is 9.37. The molecule has 6 heteroatoms. The number of rotatable bonds is 4. The third-order valence-electron chi connectivity index (χ3n) is 5.47. The Labute approximate surface area is 148 Å². The van der Waals surface area contributed by atoms with Gasteiger partial charge in [0.05, 0.1) is 6.26 Å². The van der Waals surface area contributed by atoms with Crippen molar-refractivity contribution in [3.63, 3.8) is 0 Å². The summed E-state index contributed by atoms with van der Waals surface area (Å²) in [6, 6.07) is 3.18. The highest BCUT2D eigenvalue weighted by atomic mass is 16.4. The Hall–Kier alpha value is -1.82. The lowest BCUT2D eigenvalue weighted by molar-refractivity contribution is -0.145. The predicted octanol–water partition coefficient (Wildman–Crippen LogP) is 2.49. The average Bonchev–Trinajstić information content (AvgIpc) is 3.24. The quantitative estimate of drug-likeness (QED) is 0.907. The van der Waals surface area contributed by atoms with Crippen LogP contribution in [0.25, 0.3) is 0 Å². The van der Waals surface area contributed by atoms with E-state index in [4.69, 9.17) is 4.42 Å². The van der Waals surface area contributed by atoms with Gasteiger partial charge < -0.3 is 19.3 Å². The minimum Gasteiger partial charge on any atom is -0.467 e. The summed E-state index contributed by atoms with van der Waals surface area (Å²) in [5.74, 6) is 0.562. The van der Waals surface area contributed by atoms with E-state index < -0.39 is 6.10 Å². The molecule has 2 amide bonds. The van der Waals surface area contributed by atoms with Gasteiger partial charge in [0.2, 0.25) is 11.8 Å². The lowest BCUT2D eigenvalue weighted by Gasteiger charge is -2.35.